The molecule has 0 saturated carbocycles. The highest BCUT2D eigenvalue weighted by atomic mass is 16.2. The number of imide groups is 1. The zero-order chi connectivity index (χ0) is 13.0. The molecule has 0 aliphatic heterocycles. The van der Waals surface area contributed by atoms with E-state index in [2.05, 4.69) is 27.2 Å². The molecule has 0 atom stereocenters. The Balaban J connectivity index is 2.14. The average Bonchev–Trinajstić information content (AvgIpc) is 2.38. The number of anilines is 1. The molecule has 0 aliphatic rings. The normalized spacial score (nSPS) is 9.78. The third-order valence-corrected chi connectivity index (χ3v) is 2.11. The van der Waals surface area contributed by atoms with Gasteiger partial charge < -0.3 is 0 Å². The SMILES string of the molecule is C=CC(=O)NC(=O)Nc1cnc2ccccc2n1. The Kier molecular flexibility index (Phi) is 3.29. The summed E-state index contributed by atoms with van der Waals surface area (Å²) in [6, 6.07) is 6.58. The molecule has 0 bridgehead atoms. The highest BCUT2D eigenvalue weighted by Crippen LogP contribution is 2.10. The minimum absolute atomic E-state index is 0.267. The third-order valence-electron chi connectivity index (χ3n) is 2.11. The molecule has 2 rings (SSSR count). The van der Waals surface area contributed by atoms with Crippen molar-refractivity contribution in [2.45, 2.75) is 0 Å². The second-order valence-corrected chi connectivity index (χ2v) is 3.39. The molecule has 3 amide bonds. The maximum absolute atomic E-state index is 11.4. The van der Waals surface area contributed by atoms with E-state index in [0.29, 0.717) is 5.52 Å². The summed E-state index contributed by atoms with van der Waals surface area (Å²) in [6.07, 6.45) is 2.42. The summed E-state index contributed by atoms with van der Waals surface area (Å²) in [7, 11) is 0. The molecular weight excluding hydrogens is 232 g/mol. The number of hydrogen-bond acceptors (Lipinski definition) is 4. The van der Waals surface area contributed by atoms with Crippen LogP contribution in [0.4, 0.5) is 10.6 Å². The molecule has 6 heteroatoms. The highest BCUT2D eigenvalue weighted by molar-refractivity contribution is 6.04. The van der Waals surface area contributed by atoms with E-state index in [-0.39, 0.29) is 5.82 Å². The van der Waals surface area contributed by atoms with Crippen LogP contribution in [0, 0.1) is 0 Å². The lowest BCUT2D eigenvalue weighted by molar-refractivity contribution is -0.115. The molecule has 1 heterocycles. The monoisotopic (exact) mass is 242 g/mol. The molecule has 6 nitrogen and oxygen atoms in total. The topological polar surface area (TPSA) is 84.0 Å². The fraction of sp³-hybridized carbons (Fsp3) is 0. The Morgan fingerprint density at radius 3 is 2.67 bits per heavy atom. The summed E-state index contributed by atoms with van der Waals surface area (Å²) in [6.45, 7) is 3.24. The lowest BCUT2D eigenvalue weighted by Crippen LogP contribution is -2.33. The summed E-state index contributed by atoms with van der Waals surface area (Å²) in [5.41, 5.74) is 1.39. The molecule has 0 aliphatic carbocycles. The van der Waals surface area contributed by atoms with Crippen LogP contribution in [0.25, 0.3) is 11.0 Å². The molecule has 0 unspecified atom stereocenters. The van der Waals surface area contributed by atoms with Gasteiger partial charge in [0.05, 0.1) is 17.2 Å². The van der Waals surface area contributed by atoms with Gasteiger partial charge in [0.2, 0.25) is 0 Å². The highest BCUT2D eigenvalue weighted by Gasteiger charge is 2.06. The molecule has 18 heavy (non-hydrogen) atoms. The summed E-state index contributed by atoms with van der Waals surface area (Å²) >= 11 is 0. The number of carbonyl (C=O) groups is 2. The zero-order valence-electron chi connectivity index (χ0n) is 9.38. The van der Waals surface area contributed by atoms with Crippen LogP contribution in [0.15, 0.2) is 43.1 Å². The van der Waals surface area contributed by atoms with Crippen LogP contribution < -0.4 is 10.6 Å². The van der Waals surface area contributed by atoms with E-state index >= 15 is 0 Å². The molecule has 0 saturated heterocycles. The Morgan fingerprint density at radius 1 is 1.22 bits per heavy atom. The molecule has 1 aromatic carbocycles. The summed E-state index contributed by atoms with van der Waals surface area (Å²) < 4.78 is 0. The number of rotatable bonds is 2. The van der Waals surface area contributed by atoms with Gasteiger partial charge >= 0.3 is 6.03 Å². The molecule has 0 fully saturated rings. The first kappa shape index (κ1) is 11.7. The van der Waals surface area contributed by atoms with Crippen LogP contribution >= 0.6 is 0 Å². The van der Waals surface area contributed by atoms with Crippen molar-refractivity contribution in [2.24, 2.45) is 0 Å². The predicted molar refractivity (Wildman–Crippen MR) is 66.9 cm³/mol. The fourth-order valence-electron chi connectivity index (χ4n) is 1.33. The molecule has 2 N–H and O–H groups in total. The standard InChI is InChI=1S/C12H10N4O2/c1-2-11(17)16-12(18)15-10-7-13-8-5-3-4-6-9(8)14-10/h2-7H,1H2,(H2,14,15,16,17,18). The van der Waals surface area contributed by atoms with E-state index in [0.717, 1.165) is 11.6 Å². The first-order chi connectivity index (χ1) is 8.69. The lowest BCUT2D eigenvalue weighted by Gasteiger charge is -2.04. The van der Waals surface area contributed by atoms with Crippen molar-refractivity contribution in [1.82, 2.24) is 15.3 Å². The van der Waals surface area contributed by atoms with Crippen LogP contribution in [0.5, 0.6) is 0 Å². The molecule has 1 aromatic heterocycles. The quantitative estimate of drug-likeness (QED) is 0.781. The fourth-order valence-corrected chi connectivity index (χ4v) is 1.33. The zero-order valence-corrected chi connectivity index (χ0v) is 9.38. The smallest absolute Gasteiger partial charge is 0.291 e. The number of nitrogens with zero attached hydrogens (tertiary/aromatic N) is 2. The number of benzene rings is 1. The van der Waals surface area contributed by atoms with E-state index in [1.807, 2.05) is 18.2 Å². The molecule has 0 radical (unpaired) electrons. The van der Waals surface area contributed by atoms with Crippen molar-refractivity contribution in [3.63, 3.8) is 0 Å². The average molecular weight is 242 g/mol. The van der Waals surface area contributed by atoms with Crippen LogP contribution in [0.2, 0.25) is 0 Å². The van der Waals surface area contributed by atoms with Gasteiger partial charge in [0, 0.05) is 0 Å². The van der Waals surface area contributed by atoms with E-state index in [4.69, 9.17) is 0 Å². The Morgan fingerprint density at radius 2 is 1.94 bits per heavy atom. The number of aromatic nitrogens is 2. The summed E-state index contributed by atoms with van der Waals surface area (Å²) in [4.78, 5) is 30.6. The second-order valence-electron chi connectivity index (χ2n) is 3.39. The van der Waals surface area contributed by atoms with Crippen molar-refractivity contribution in [2.75, 3.05) is 5.32 Å². The van der Waals surface area contributed by atoms with Gasteiger partial charge in [-0.15, -0.1) is 0 Å². The Labute approximate surface area is 103 Å². The number of para-hydroxylation sites is 2. The molecule has 0 spiro atoms. The molecule has 2 aromatic rings. The van der Waals surface area contributed by atoms with Crippen molar-refractivity contribution < 1.29 is 9.59 Å². The van der Waals surface area contributed by atoms with Crippen LogP contribution in [-0.4, -0.2) is 21.9 Å². The van der Waals surface area contributed by atoms with Crippen molar-refractivity contribution in [1.29, 1.82) is 0 Å². The Hall–Kier alpha value is -2.76. The third kappa shape index (κ3) is 2.67. The summed E-state index contributed by atoms with van der Waals surface area (Å²) in [5.74, 6) is -0.315. The summed E-state index contributed by atoms with van der Waals surface area (Å²) in [5, 5.41) is 4.46. The van der Waals surface area contributed by atoms with Gasteiger partial charge in [-0.1, -0.05) is 18.7 Å². The van der Waals surface area contributed by atoms with Gasteiger partial charge in [0.1, 0.15) is 0 Å². The van der Waals surface area contributed by atoms with Crippen LogP contribution in [0.1, 0.15) is 0 Å². The lowest BCUT2D eigenvalue weighted by atomic mass is 10.3. The van der Waals surface area contributed by atoms with Gasteiger partial charge in [0.25, 0.3) is 5.91 Å². The van der Waals surface area contributed by atoms with E-state index in [1.54, 1.807) is 6.07 Å². The Bertz CT molecular complexity index is 624. The number of amides is 3. The first-order valence-electron chi connectivity index (χ1n) is 5.15. The molecular formula is C12H10N4O2. The van der Waals surface area contributed by atoms with Crippen molar-refractivity contribution >= 4 is 28.8 Å². The van der Waals surface area contributed by atoms with Crippen LogP contribution in [-0.2, 0) is 4.79 Å². The number of nitrogens with one attached hydrogen (secondary N) is 2. The van der Waals surface area contributed by atoms with Gasteiger partial charge in [-0.3, -0.25) is 20.4 Å². The maximum Gasteiger partial charge on any atom is 0.327 e. The predicted octanol–water partition coefficient (Wildman–Crippen LogP) is 1.46. The number of hydrogen-bond donors (Lipinski definition) is 2. The van der Waals surface area contributed by atoms with Crippen molar-refractivity contribution in [3.8, 4) is 0 Å². The van der Waals surface area contributed by atoms with Crippen LogP contribution in [0.3, 0.4) is 0 Å². The minimum Gasteiger partial charge on any atom is -0.291 e. The van der Waals surface area contributed by atoms with E-state index in [1.165, 1.54) is 6.20 Å². The second kappa shape index (κ2) is 5.05. The number of fused-ring (bicyclic) bond motifs is 1. The number of urea groups is 1. The minimum atomic E-state index is -0.676. The maximum atomic E-state index is 11.4. The van der Waals surface area contributed by atoms with Gasteiger partial charge in [-0.05, 0) is 18.2 Å². The number of carbonyl (C=O) groups excluding carboxylic acids is 2. The largest absolute Gasteiger partial charge is 0.327 e. The van der Waals surface area contributed by atoms with Crippen molar-refractivity contribution in [3.05, 3.63) is 43.1 Å². The first-order valence-corrected chi connectivity index (χ1v) is 5.15. The molecule has 90 valence electrons. The van der Waals surface area contributed by atoms with Gasteiger partial charge in [0.15, 0.2) is 5.82 Å². The van der Waals surface area contributed by atoms with E-state index in [9.17, 15) is 9.59 Å². The van der Waals surface area contributed by atoms with Gasteiger partial charge in [-0.2, -0.15) is 0 Å². The van der Waals surface area contributed by atoms with Gasteiger partial charge in [-0.25, -0.2) is 9.78 Å². The van der Waals surface area contributed by atoms with E-state index < -0.39 is 11.9 Å².